The number of ether oxygens (including phenoxy) is 2. The largest absolute Gasteiger partial charge is 0.494 e. The molecule has 1 aromatic carbocycles. The number of nitrogens with one attached hydrogen (secondary N) is 1. The fourth-order valence-electron chi connectivity index (χ4n) is 3.16. The lowest BCUT2D eigenvalue weighted by Crippen LogP contribution is -2.47. The van der Waals surface area contributed by atoms with E-state index in [2.05, 4.69) is 19.2 Å². The maximum Gasteiger partial charge on any atom is 0.339 e. The van der Waals surface area contributed by atoms with Crippen molar-refractivity contribution < 1.29 is 23.5 Å². The number of methoxy groups -OCH3 is 1. The van der Waals surface area contributed by atoms with Gasteiger partial charge in [-0.15, -0.1) is 0 Å². The third-order valence-electron chi connectivity index (χ3n) is 5.08. The standard InChI is InChI=1S/C19H26FNO4/c1-11-6-5-7-16(12(11)2)21-18(22)13(3)25-19(23)14-8-9-17(24-4)15(20)10-14/h8-13,16H,5-7H2,1-4H3,(H,21,22)/t11-,12-,13-,16+/m1/s1. The van der Waals surface area contributed by atoms with E-state index in [0.717, 1.165) is 18.9 Å². The van der Waals surface area contributed by atoms with E-state index >= 15 is 0 Å². The second-order valence-corrected chi connectivity index (χ2v) is 6.78. The summed E-state index contributed by atoms with van der Waals surface area (Å²) in [6.07, 6.45) is 2.24. The first-order valence-corrected chi connectivity index (χ1v) is 8.68. The van der Waals surface area contributed by atoms with Gasteiger partial charge in [-0.2, -0.15) is 0 Å². The molecule has 138 valence electrons. The van der Waals surface area contributed by atoms with Crippen LogP contribution in [0.5, 0.6) is 5.75 Å². The topological polar surface area (TPSA) is 64.6 Å². The van der Waals surface area contributed by atoms with Crippen LogP contribution in [-0.2, 0) is 9.53 Å². The number of carbonyl (C=O) groups is 2. The summed E-state index contributed by atoms with van der Waals surface area (Å²) < 4.78 is 23.7. The van der Waals surface area contributed by atoms with E-state index in [9.17, 15) is 14.0 Å². The average molecular weight is 351 g/mol. The number of halogens is 1. The van der Waals surface area contributed by atoms with Gasteiger partial charge in [-0.3, -0.25) is 4.79 Å². The lowest BCUT2D eigenvalue weighted by molar-refractivity contribution is -0.130. The minimum absolute atomic E-state index is 0.0395. The van der Waals surface area contributed by atoms with Crippen LogP contribution in [0.1, 0.15) is 50.4 Å². The Labute approximate surface area is 147 Å². The van der Waals surface area contributed by atoms with Crippen molar-refractivity contribution in [2.24, 2.45) is 11.8 Å². The van der Waals surface area contributed by atoms with Crippen LogP contribution in [0.15, 0.2) is 18.2 Å². The molecule has 0 aliphatic heterocycles. The molecule has 0 heterocycles. The second kappa shape index (κ2) is 8.32. The quantitative estimate of drug-likeness (QED) is 0.827. The number of amides is 1. The van der Waals surface area contributed by atoms with Crippen LogP contribution in [0, 0.1) is 17.7 Å². The molecule has 1 aliphatic rings. The van der Waals surface area contributed by atoms with Crippen molar-refractivity contribution >= 4 is 11.9 Å². The lowest BCUT2D eigenvalue weighted by Gasteiger charge is -2.35. The number of rotatable bonds is 5. The van der Waals surface area contributed by atoms with E-state index in [-0.39, 0.29) is 23.3 Å². The number of benzene rings is 1. The summed E-state index contributed by atoms with van der Waals surface area (Å²) in [6.45, 7) is 5.83. The maximum atomic E-state index is 13.7. The maximum absolute atomic E-state index is 13.7. The molecule has 0 saturated heterocycles. The molecule has 6 heteroatoms. The zero-order valence-corrected chi connectivity index (χ0v) is 15.2. The first kappa shape index (κ1) is 19.2. The summed E-state index contributed by atoms with van der Waals surface area (Å²) in [6, 6.07) is 3.88. The highest BCUT2D eigenvalue weighted by atomic mass is 19.1. The normalized spacial score (nSPS) is 24.3. The Morgan fingerprint density at radius 2 is 2.00 bits per heavy atom. The third-order valence-corrected chi connectivity index (χ3v) is 5.08. The fourth-order valence-corrected chi connectivity index (χ4v) is 3.16. The molecule has 2 rings (SSSR count). The molecule has 5 nitrogen and oxygen atoms in total. The Morgan fingerprint density at radius 3 is 2.64 bits per heavy atom. The van der Waals surface area contributed by atoms with Crippen molar-refractivity contribution in [2.75, 3.05) is 7.11 Å². The first-order chi connectivity index (χ1) is 11.8. The smallest absolute Gasteiger partial charge is 0.339 e. The molecule has 1 aliphatic carbocycles. The summed E-state index contributed by atoms with van der Waals surface area (Å²) in [7, 11) is 1.34. The van der Waals surface area contributed by atoms with Crippen LogP contribution < -0.4 is 10.1 Å². The van der Waals surface area contributed by atoms with Crippen LogP contribution in [0.25, 0.3) is 0 Å². The number of carbonyl (C=O) groups excluding carboxylic acids is 2. The predicted octanol–water partition coefficient (Wildman–Crippen LogP) is 3.32. The van der Waals surface area contributed by atoms with Gasteiger partial charge in [0.05, 0.1) is 12.7 Å². The van der Waals surface area contributed by atoms with E-state index in [1.807, 2.05) is 0 Å². The van der Waals surface area contributed by atoms with Gasteiger partial charge in [-0.25, -0.2) is 9.18 Å². The molecule has 4 atom stereocenters. The Balaban J connectivity index is 1.94. The van der Waals surface area contributed by atoms with Crippen molar-refractivity contribution in [1.82, 2.24) is 5.32 Å². The zero-order chi connectivity index (χ0) is 18.6. The van der Waals surface area contributed by atoms with Crippen LogP contribution in [0.4, 0.5) is 4.39 Å². The molecular weight excluding hydrogens is 325 g/mol. The minimum atomic E-state index is -0.943. The molecule has 0 bridgehead atoms. The molecule has 25 heavy (non-hydrogen) atoms. The van der Waals surface area contributed by atoms with Crippen molar-refractivity contribution in [3.63, 3.8) is 0 Å². The van der Waals surface area contributed by atoms with Gasteiger partial charge >= 0.3 is 5.97 Å². The zero-order valence-electron chi connectivity index (χ0n) is 15.2. The molecule has 0 radical (unpaired) electrons. The number of hydrogen-bond acceptors (Lipinski definition) is 4. The molecule has 1 aromatic rings. The predicted molar refractivity (Wildman–Crippen MR) is 91.9 cm³/mol. The molecule has 0 unspecified atom stereocenters. The van der Waals surface area contributed by atoms with Crippen molar-refractivity contribution in [2.45, 2.75) is 52.2 Å². The molecule has 0 aromatic heterocycles. The Kier molecular flexibility index (Phi) is 6.39. The summed E-state index contributed by atoms with van der Waals surface area (Å²) in [5, 5.41) is 2.98. The highest BCUT2D eigenvalue weighted by molar-refractivity contribution is 5.92. The molecule has 1 N–H and O–H groups in total. The van der Waals surface area contributed by atoms with Gasteiger partial charge in [0.1, 0.15) is 0 Å². The van der Waals surface area contributed by atoms with Gasteiger partial charge in [0.25, 0.3) is 5.91 Å². The van der Waals surface area contributed by atoms with E-state index < -0.39 is 17.9 Å². The molecule has 1 fully saturated rings. The molecule has 1 saturated carbocycles. The Morgan fingerprint density at radius 1 is 1.28 bits per heavy atom. The van der Waals surface area contributed by atoms with Gasteiger partial charge in [0.15, 0.2) is 17.7 Å². The van der Waals surface area contributed by atoms with E-state index in [1.165, 1.54) is 32.6 Å². The third kappa shape index (κ3) is 4.71. The van der Waals surface area contributed by atoms with Gasteiger partial charge in [-0.05, 0) is 43.4 Å². The highest BCUT2D eigenvalue weighted by Gasteiger charge is 2.30. The molecule has 0 spiro atoms. The number of esters is 1. The summed E-state index contributed by atoms with van der Waals surface area (Å²) in [4.78, 5) is 24.4. The SMILES string of the molecule is COc1ccc(C(=O)O[C@H](C)C(=O)N[C@H]2CCC[C@@H](C)[C@H]2C)cc1F. The monoisotopic (exact) mass is 351 g/mol. The van der Waals surface area contributed by atoms with Crippen LogP contribution in [0.2, 0.25) is 0 Å². The second-order valence-electron chi connectivity index (χ2n) is 6.78. The fraction of sp³-hybridized carbons (Fsp3) is 0.579. The van der Waals surface area contributed by atoms with Crippen molar-refractivity contribution in [3.8, 4) is 5.75 Å². The average Bonchev–Trinajstić information content (AvgIpc) is 2.58. The van der Waals surface area contributed by atoms with Crippen LogP contribution >= 0.6 is 0 Å². The summed E-state index contributed by atoms with van der Waals surface area (Å²) in [5.41, 5.74) is 0.0395. The van der Waals surface area contributed by atoms with Gasteiger partial charge in [-0.1, -0.05) is 26.7 Å². The Hall–Kier alpha value is -2.11. The van der Waals surface area contributed by atoms with Crippen LogP contribution in [0.3, 0.4) is 0 Å². The van der Waals surface area contributed by atoms with Crippen LogP contribution in [-0.4, -0.2) is 31.1 Å². The van der Waals surface area contributed by atoms with Gasteiger partial charge in [0, 0.05) is 6.04 Å². The summed E-state index contributed by atoms with van der Waals surface area (Å²) >= 11 is 0. The van der Waals surface area contributed by atoms with Crippen molar-refractivity contribution in [1.29, 1.82) is 0 Å². The van der Waals surface area contributed by atoms with E-state index in [1.54, 1.807) is 0 Å². The molecular formula is C19H26FNO4. The number of hydrogen-bond donors (Lipinski definition) is 1. The van der Waals surface area contributed by atoms with E-state index in [0.29, 0.717) is 11.8 Å². The van der Waals surface area contributed by atoms with Crippen molar-refractivity contribution in [3.05, 3.63) is 29.6 Å². The minimum Gasteiger partial charge on any atom is -0.494 e. The Bertz CT molecular complexity index is 634. The van der Waals surface area contributed by atoms with E-state index in [4.69, 9.17) is 9.47 Å². The summed E-state index contributed by atoms with van der Waals surface area (Å²) in [5.74, 6) is -0.736. The highest BCUT2D eigenvalue weighted by Crippen LogP contribution is 2.29. The first-order valence-electron chi connectivity index (χ1n) is 8.68. The lowest BCUT2D eigenvalue weighted by atomic mass is 9.78. The molecule has 1 amide bonds. The van der Waals surface area contributed by atoms with Gasteiger partial charge in [0.2, 0.25) is 0 Å². The van der Waals surface area contributed by atoms with Gasteiger partial charge < -0.3 is 14.8 Å².